The molecule has 0 saturated heterocycles. The SMILES string of the molecule is Cc1nn(C)c(Oc2ccc(O)cc2)c1/C=N/OCc1ccc(C(=O)OC(C)(C)C)cc1. The first-order valence-electron chi connectivity index (χ1n) is 10.1. The van der Waals surface area contributed by atoms with Gasteiger partial charge in [0.05, 0.1) is 23.0 Å². The van der Waals surface area contributed by atoms with Gasteiger partial charge in [0.2, 0.25) is 5.88 Å². The van der Waals surface area contributed by atoms with Gasteiger partial charge < -0.3 is 19.4 Å². The van der Waals surface area contributed by atoms with Crippen LogP contribution >= 0.6 is 0 Å². The number of benzene rings is 2. The molecule has 8 nitrogen and oxygen atoms in total. The molecule has 1 heterocycles. The van der Waals surface area contributed by atoms with E-state index in [1.54, 1.807) is 66.5 Å². The molecule has 0 bridgehead atoms. The van der Waals surface area contributed by atoms with Gasteiger partial charge in [-0.15, -0.1) is 0 Å². The summed E-state index contributed by atoms with van der Waals surface area (Å²) in [5.41, 5.74) is 2.21. The summed E-state index contributed by atoms with van der Waals surface area (Å²) in [4.78, 5) is 17.5. The minimum Gasteiger partial charge on any atom is -0.508 e. The number of aromatic nitrogens is 2. The molecule has 0 fully saturated rings. The monoisotopic (exact) mass is 437 g/mol. The van der Waals surface area contributed by atoms with Crippen molar-refractivity contribution in [2.75, 3.05) is 0 Å². The summed E-state index contributed by atoms with van der Waals surface area (Å²) >= 11 is 0. The average Bonchev–Trinajstić information content (AvgIpc) is 2.98. The number of hydrogen-bond donors (Lipinski definition) is 1. The highest BCUT2D eigenvalue weighted by atomic mass is 16.6. The number of esters is 1. The zero-order valence-electron chi connectivity index (χ0n) is 18.8. The van der Waals surface area contributed by atoms with E-state index in [0.29, 0.717) is 22.8 Å². The fourth-order valence-electron chi connectivity index (χ4n) is 2.82. The third kappa shape index (κ3) is 6.10. The van der Waals surface area contributed by atoms with Gasteiger partial charge in [-0.1, -0.05) is 17.3 Å². The van der Waals surface area contributed by atoms with Crippen LogP contribution in [0.25, 0.3) is 0 Å². The fourth-order valence-corrected chi connectivity index (χ4v) is 2.82. The Hall–Kier alpha value is -3.81. The van der Waals surface area contributed by atoms with Gasteiger partial charge in [0, 0.05) is 7.05 Å². The van der Waals surface area contributed by atoms with Crippen LogP contribution in [0.4, 0.5) is 0 Å². The number of hydrogen-bond acceptors (Lipinski definition) is 7. The van der Waals surface area contributed by atoms with E-state index in [9.17, 15) is 9.90 Å². The molecular formula is C24H27N3O5. The highest BCUT2D eigenvalue weighted by Crippen LogP contribution is 2.27. The lowest BCUT2D eigenvalue weighted by molar-refractivity contribution is 0.00694. The molecule has 0 aliphatic carbocycles. The third-order valence-electron chi connectivity index (χ3n) is 4.34. The number of phenolic OH excluding ortho intramolecular Hbond substituents is 1. The first-order chi connectivity index (χ1) is 15.1. The molecular weight excluding hydrogens is 410 g/mol. The number of aryl methyl sites for hydroxylation is 2. The van der Waals surface area contributed by atoms with Crippen molar-refractivity contribution < 1.29 is 24.2 Å². The predicted octanol–water partition coefficient (Wildman–Crippen LogP) is 4.73. The minimum atomic E-state index is -0.539. The van der Waals surface area contributed by atoms with Crippen LogP contribution < -0.4 is 4.74 Å². The Bertz CT molecular complexity index is 1090. The third-order valence-corrected chi connectivity index (χ3v) is 4.34. The molecule has 0 saturated carbocycles. The van der Waals surface area contributed by atoms with Crippen molar-refractivity contribution in [3.05, 3.63) is 70.9 Å². The Kier molecular flexibility index (Phi) is 6.82. The lowest BCUT2D eigenvalue weighted by Crippen LogP contribution is -2.23. The number of rotatable bonds is 7. The summed E-state index contributed by atoms with van der Waals surface area (Å²) in [5, 5.41) is 17.8. The molecule has 1 N–H and O–H groups in total. The summed E-state index contributed by atoms with van der Waals surface area (Å²) in [6, 6.07) is 13.4. The quantitative estimate of drug-likeness (QED) is 0.326. The van der Waals surface area contributed by atoms with Crippen molar-refractivity contribution in [1.29, 1.82) is 0 Å². The van der Waals surface area contributed by atoms with E-state index in [1.807, 2.05) is 27.7 Å². The Morgan fingerprint density at radius 3 is 2.41 bits per heavy atom. The van der Waals surface area contributed by atoms with Crippen molar-refractivity contribution in [3.63, 3.8) is 0 Å². The van der Waals surface area contributed by atoms with Crippen molar-refractivity contribution in [2.45, 2.75) is 39.9 Å². The van der Waals surface area contributed by atoms with Crippen molar-refractivity contribution >= 4 is 12.2 Å². The Morgan fingerprint density at radius 2 is 1.78 bits per heavy atom. The van der Waals surface area contributed by atoms with Gasteiger partial charge in [0.25, 0.3) is 0 Å². The van der Waals surface area contributed by atoms with Gasteiger partial charge in [-0.05, 0) is 69.7 Å². The molecule has 0 radical (unpaired) electrons. The van der Waals surface area contributed by atoms with Crippen LogP contribution in [0.1, 0.15) is 48.0 Å². The molecule has 32 heavy (non-hydrogen) atoms. The van der Waals surface area contributed by atoms with Gasteiger partial charge in [-0.3, -0.25) is 0 Å². The Morgan fingerprint density at radius 1 is 1.12 bits per heavy atom. The molecule has 8 heteroatoms. The normalized spacial score (nSPS) is 11.5. The van der Waals surface area contributed by atoms with E-state index in [4.69, 9.17) is 14.3 Å². The second-order valence-electron chi connectivity index (χ2n) is 8.23. The number of ether oxygens (including phenoxy) is 2. The van der Waals surface area contributed by atoms with Crippen LogP contribution in [0.5, 0.6) is 17.4 Å². The second kappa shape index (κ2) is 9.55. The summed E-state index contributed by atoms with van der Waals surface area (Å²) in [6.45, 7) is 7.57. The van der Waals surface area contributed by atoms with E-state index in [1.165, 1.54) is 0 Å². The van der Waals surface area contributed by atoms with Gasteiger partial charge in [-0.2, -0.15) is 5.10 Å². The van der Waals surface area contributed by atoms with E-state index in [-0.39, 0.29) is 18.3 Å². The zero-order valence-corrected chi connectivity index (χ0v) is 18.8. The first-order valence-corrected chi connectivity index (χ1v) is 10.1. The number of aromatic hydroxyl groups is 1. The van der Waals surface area contributed by atoms with Gasteiger partial charge in [0.15, 0.2) is 0 Å². The maximum Gasteiger partial charge on any atom is 0.338 e. The lowest BCUT2D eigenvalue weighted by Gasteiger charge is -2.19. The number of carbonyl (C=O) groups is 1. The molecule has 0 atom stereocenters. The van der Waals surface area contributed by atoms with Gasteiger partial charge in [-0.25, -0.2) is 9.48 Å². The Labute approximate surface area is 187 Å². The first kappa shape index (κ1) is 22.9. The second-order valence-corrected chi connectivity index (χ2v) is 8.23. The van der Waals surface area contributed by atoms with Crippen LogP contribution in [0.3, 0.4) is 0 Å². The number of oxime groups is 1. The molecule has 0 aliphatic heterocycles. The maximum atomic E-state index is 12.1. The van der Waals surface area contributed by atoms with Crippen LogP contribution in [0.15, 0.2) is 53.7 Å². The number of nitrogens with zero attached hydrogens (tertiary/aromatic N) is 3. The summed E-state index contributed by atoms with van der Waals surface area (Å²) in [7, 11) is 1.77. The predicted molar refractivity (Wildman–Crippen MR) is 120 cm³/mol. The van der Waals surface area contributed by atoms with E-state index in [0.717, 1.165) is 11.3 Å². The molecule has 0 amide bonds. The number of phenols is 1. The molecule has 1 aromatic heterocycles. The Balaban J connectivity index is 1.62. The van der Waals surface area contributed by atoms with Crippen molar-refractivity contribution in [3.8, 4) is 17.4 Å². The highest BCUT2D eigenvalue weighted by Gasteiger charge is 2.18. The van der Waals surface area contributed by atoms with Crippen LogP contribution in [0, 0.1) is 6.92 Å². The van der Waals surface area contributed by atoms with Crippen molar-refractivity contribution in [1.82, 2.24) is 9.78 Å². The molecule has 0 unspecified atom stereocenters. The highest BCUT2D eigenvalue weighted by molar-refractivity contribution is 5.89. The fraction of sp³-hybridized carbons (Fsp3) is 0.292. The molecule has 3 aromatic rings. The van der Waals surface area contributed by atoms with E-state index < -0.39 is 5.60 Å². The molecule has 3 rings (SSSR count). The van der Waals surface area contributed by atoms with Crippen LogP contribution in [0.2, 0.25) is 0 Å². The summed E-state index contributed by atoms with van der Waals surface area (Å²) in [6.07, 6.45) is 1.55. The van der Waals surface area contributed by atoms with E-state index in [2.05, 4.69) is 10.3 Å². The van der Waals surface area contributed by atoms with Gasteiger partial charge >= 0.3 is 5.97 Å². The zero-order chi connectivity index (χ0) is 23.3. The molecule has 168 valence electrons. The average molecular weight is 437 g/mol. The number of carbonyl (C=O) groups excluding carboxylic acids is 1. The molecule has 2 aromatic carbocycles. The minimum absolute atomic E-state index is 0.160. The van der Waals surface area contributed by atoms with Crippen molar-refractivity contribution in [2.24, 2.45) is 12.2 Å². The topological polar surface area (TPSA) is 95.2 Å². The maximum absolute atomic E-state index is 12.1. The molecule has 0 aliphatic rings. The van der Waals surface area contributed by atoms with Gasteiger partial charge in [0.1, 0.15) is 23.7 Å². The largest absolute Gasteiger partial charge is 0.508 e. The summed E-state index contributed by atoms with van der Waals surface area (Å²) in [5.74, 6) is 0.859. The standard InChI is InChI=1S/C24H27N3O5/c1-16-21(22(27(5)26-16)31-20-12-10-19(28)11-13-20)14-25-30-15-17-6-8-18(9-7-17)23(29)32-24(2,3)4/h6-14,28H,15H2,1-5H3/b25-14+. The molecule has 0 spiro atoms. The lowest BCUT2D eigenvalue weighted by atomic mass is 10.1. The van der Waals surface area contributed by atoms with E-state index >= 15 is 0 Å². The summed E-state index contributed by atoms with van der Waals surface area (Å²) < 4.78 is 12.9. The van der Waals surface area contributed by atoms with Crippen LogP contribution in [-0.2, 0) is 23.2 Å². The smallest absolute Gasteiger partial charge is 0.338 e. The van der Waals surface area contributed by atoms with Crippen LogP contribution in [-0.4, -0.2) is 32.7 Å².